The minimum Gasteiger partial charge on any atom is -0.452 e. The standard InChI is InChI=1S/C20H24FN3O4/c1-13-18(19(22)28-23-13)20(26)27-12-17(25)24(16-5-3-2-4-6-16)11-14-7-9-15(21)10-8-14/h7-10,16H,2-6,11-12,22H2,1H3. The number of anilines is 1. The first kappa shape index (κ1) is 19.9. The molecule has 2 N–H and O–H groups in total. The van der Waals surface area contributed by atoms with Crippen LogP contribution in [0.4, 0.5) is 10.3 Å². The van der Waals surface area contributed by atoms with E-state index in [0.29, 0.717) is 12.2 Å². The molecule has 150 valence electrons. The zero-order valence-electron chi connectivity index (χ0n) is 15.8. The summed E-state index contributed by atoms with van der Waals surface area (Å²) < 4.78 is 23.1. The number of carbonyl (C=O) groups excluding carboxylic acids is 2. The SMILES string of the molecule is Cc1noc(N)c1C(=O)OCC(=O)N(Cc1ccc(F)cc1)C1CCCCC1. The maximum atomic E-state index is 13.2. The molecule has 1 aliphatic carbocycles. The number of amides is 1. The molecule has 8 heteroatoms. The van der Waals surface area contributed by atoms with Crippen molar-refractivity contribution in [2.45, 2.75) is 51.6 Å². The van der Waals surface area contributed by atoms with E-state index in [1.54, 1.807) is 24.0 Å². The van der Waals surface area contributed by atoms with Gasteiger partial charge in [-0.15, -0.1) is 0 Å². The van der Waals surface area contributed by atoms with Gasteiger partial charge in [-0.1, -0.05) is 36.6 Å². The van der Waals surface area contributed by atoms with E-state index in [1.807, 2.05) is 0 Å². The molecular formula is C20H24FN3O4. The van der Waals surface area contributed by atoms with Crippen LogP contribution < -0.4 is 5.73 Å². The van der Waals surface area contributed by atoms with E-state index in [2.05, 4.69) is 5.16 Å². The molecule has 0 bridgehead atoms. The van der Waals surface area contributed by atoms with Crippen LogP contribution >= 0.6 is 0 Å². The molecule has 2 aromatic rings. The Morgan fingerprint density at radius 2 is 1.93 bits per heavy atom. The van der Waals surface area contributed by atoms with Crippen molar-refractivity contribution in [1.82, 2.24) is 10.1 Å². The Balaban J connectivity index is 1.68. The third kappa shape index (κ3) is 4.68. The summed E-state index contributed by atoms with van der Waals surface area (Å²) in [6, 6.07) is 6.14. The molecule has 1 amide bonds. The van der Waals surface area contributed by atoms with Crippen molar-refractivity contribution in [3.8, 4) is 0 Å². The Morgan fingerprint density at radius 3 is 2.54 bits per heavy atom. The smallest absolute Gasteiger partial charge is 0.346 e. The summed E-state index contributed by atoms with van der Waals surface area (Å²) in [6.07, 6.45) is 5.05. The van der Waals surface area contributed by atoms with Gasteiger partial charge in [-0.25, -0.2) is 9.18 Å². The van der Waals surface area contributed by atoms with Crippen molar-refractivity contribution in [3.05, 3.63) is 46.9 Å². The number of aromatic nitrogens is 1. The van der Waals surface area contributed by atoms with Crippen molar-refractivity contribution in [2.75, 3.05) is 12.3 Å². The van der Waals surface area contributed by atoms with E-state index in [9.17, 15) is 14.0 Å². The summed E-state index contributed by atoms with van der Waals surface area (Å²) in [4.78, 5) is 26.8. The van der Waals surface area contributed by atoms with E-state index in [0.717, 1.165) is 37.7 Å². The molecule has 3 rings (SSSR count). The van der Waals surface area contributed by atoms with Gasteiger partial charge in [0.15, 0.2) is 6.61 Å². The maximum Gasteiger partial charge on any atom is 0.346 e. The summed E-state index contributed by atoms with van der Waals surface area (Å²) >= 11 is 0. The Bertz CT molecular complexity index is 809. The van der Waals surface area contributed by atoms with Gasteiger partial charge in [0.25, 0.3) is 5.91 Å². The summed E-state index contributed by atoms with van der Waals surface area (Å²) in [5.41, 5.74) is 6.76. The number of aryl methyl sites for hydroxylation is 1. The molecule has 1 aromatic heterocycles. The highest BCUT2D eigenvalue weighted by molar-refractivity contribution is 5.96. The van der Waals surface area contributed by atoms with Crippen LogP contribution in [0.15, 0.2) is 28.8 Å². The van der Waals surface area contributed by atoms with Gasteiger partial charge in [0.2, 0.25) is 5.88 Å². The van der Waals surface area contributed by atoms with Gasteiger partial charge in [-0.2, -0.15) is 0 Å². The van der Waals surface area contributed by atoms with Crippen molar-refractivity contribution >= 4 is 17.8 Å². The normalized spacial score (nSPS) is 14.6. The monoisotopic (exact) mass is 389 g/mol. The van der Waals surface area contributed by atoms with Crippen LogP contribution in [-0.4, -0.2) is 34.6 Å². The van der Waals surface area contributed by atoms with Crippen molar-refractivity contribution < 1.29 is 23.2 Å². The zero-order chi connectivity index (χ0) is 20.1. The second-order valence-electron chi connectivity index (χ2n) is 7.02. The van der Waals surface area contributed by atoms with Crippen LogP contribution in [0.2, 0.25) is 0 Å². The number of hydrogen-bond donors (Lipinski definition) is 1. The number of nitrogens with two attached hydrogens (primary N) is 1. The highest BCUT2D eigenvalue weighted by atomic mass is 19.1. The summed E-state index contributed by atoms with van der Waals surface area (Å²) in [5, 5.41) is 3.61. The predicted octanol–water partition coefficient (Wildman–Crippen LogP) is 3.22. The van der Waals surface area contributed by atoms with E-state index in [-0.39, 0.29) is 29.2 Å². The summed E-state index contributed by atoms with van der Waals surface area (Å²) in [7, 11) is 0. The van der Waals surface area contributed by atoms with Gasteiger partial charge < -0.3 is 19.9 Å². The summed E-state index contributed by atoms with van der Waals surface area (Å²) in [5.74, 6) is -1.49. The van der Waals surface area contributed by atoms with Gasteiger partial charge in [0.1, 0.15) is 11.4 Å². The lowest BCUT2D eigenvalue weighted by Gasteiger charge is -2.34. The number of benzene rings is 1. The largest absolute Gasteiger partial charge is 0.452 e. The topological polar surface area (TPSA) is 98.7 Å². The molecule has 1 fully saturated rings. The lowest BCUT2D eigenvalue weighted by Crippen LogP contribution is -2.43. The van der Waals surface area contributed by atoms with Crippen LogP contribution in [0.5, 0.6) is 0 Å². The van der Waals surface area contributed by atoms with Gasteiger partial charge in [0, 0.05) is 12.6 Å². The fourth-order valence-electron chi connectivity index (χ4n) is 3.52. The number of halogens is 1. The molecule has 1 saturated carbocycles. The van der Waals surface area contributed by atoms with Gasteiger partial charge >= 0.3 is 5.97 Å². The minimum atomic E-state index is -0.741. The number of ether oxygens (including phenoxy) is 1. The fraction of sp³-hybridized carbons (Fsp3) is 0.450. The molecule has 1 aliphatic rings. The highest BCUT2D eigenvalue weighted by Crippen LogP contribution is 2.25. The number of carbonyl (C=O) groups is 2. The zero-order valence-corrected chi connectivity index (χ0v) is 15.8. The lowest BCUT2D eigenvalue weighted by atomic mass is 9.93. The Hall–Kier alpha value is -2.90. The first-order valence-corrected chi connectivity index (χ1v) is 9.38. The van der Waals surface area contributed by atoms with Crippen LogP contribution in [0, 0.1) is 12.7 Å². The third-order valence-electron chi connectivity index (χ3n) is 5.02. The molecule has 28 heavy (non-hydrogen) atoms. The fourth-order valence-corrected chi connectivity index (χ4v) is 3.52. The number of esters is 1. The first-order chi connectivity index (χ1) is 13.5. The van der Waals surface area contributed by atoms with Crippen molar-refractivity contribution in [2.24, 2.45) is 0 Å². The Kier molecular flexibility index (Phi) is 6.28. The molecular weight excluding hydrogens is 365 g/mol. The molecule has 7 nitrogen and oxygen atoms in total. The Labute approximate surface area is 162 Å². The molecule has 0 atom stereocenters. The molecule has 0 radical (unpaired) electrons. The van der Waals surface area contributed by atoms with E-state index in [1.165, 1.54) is 12.1 Å². The Morgan fingerprint density at radius 1 is 1.25 bits per heavy atom. The molecule has 0 unspecified atom stereocenters. The number of hydrogen-bond acceptors (Lipinski definition) is 6. The van der Waals surface area contributed by atoms with Gasteiger partial charge in [-0.3, -0.25) is 4.79 Å². The van der Waals surface area contributed by atoms with Crippen molar-refractivity contribution in [3.63, 3.8) is 0 Å². The average Bonchev–Trinajstić information content (AvgIpc) is 3.04. The van der Waals surface area contributed by atoms with Crippen LogP contribution in [0.3, 0.4) is 0 Å². The molecule has 0 spiro atoms. The number of nitrogen functional groups attached to an aromatic ring is 1. The highest BCUT2D eigenvalue weighted by Gasteiger charge is 2.27. The second-order valence-corrected chi connectivity index (χ2v) is 7.02. The number of nitrogens with zero attached hydrogens (tertiary/aromatic N) is 2. The minimum absolute atomic E-state index is 0.0375. The van der Waals surface area contributed by atoms with Crippen LogP contribution in [0.1, 0.15) is 53.7 Å². The lowest BCUT2D eigenvalue weighted by molar-refractivity contribution is -0.138. The third-order valence-corrected chi connectivity index (χ3v) is 5.02. The average molecular weight is 389 g/mol. The molecule has 1 aromatic carbocycles. The van der Waals surface area contributed by atoms with Crippen LogP contribution in [-0.2, 0) is 16.1 Å². The van der Waals surface area contributed by atoms with E-state index in [4.69, 9.17) is 15.0 Å². The summed E-state index contributed by atoms with van der Waals surface area (Å²) in [6.45, 7) is 1.51. The van der Waals surface area contributed by atoms with Gasteiger partial charge in [-0.05, 0) is 37.5 Å². The quantitative estimate of drug-likeness (QED) is 0.762. The maximum absolute atomic E-state index is 13.2. The molecule has 0 aliphatic heterocycles. The van der Waals surface area contributed by atoms with Gasteiger partial charge in [0.05, 0.1) is 5.69 Å². The van der Waals surface area contributed by atoms with Crippen molar-refractivity contribution in [1.29, 1.82) is 0 Å². The molecule has 0 saturated heterocycles. The number of rotatable bonds is 6. The molecule has 1 heterocycles. The van der Waals surface area contributed by atoms with E-state index >= 15 is 0 Å². The predicted molar refractivity (Wildman–Crippen MR) is 99.8 cm³/mol. The van der Waals surface area contributed by atoms with Crippen LogP contribution in [0.25, 0.3) is 0 Å². The van der Waals surface area contributed by atoms with E-state index < -0.39 is 12.6 Å². The first-order valence-electron chi connectivity index (χ1n) is 9.38. The second kappa shape index (κ2) is 8.86.